The van der Waals surface area contributed by atoms with Crippen LogP contribution in [0.3, 0.4) is 0 Å². The maximum Gasteiger partial charge on any atom is 0.392 e. The number of aromatic nitrogens is 1. The number of fused-ring (bicyclic) bond motifs is 1. The normalized spacial score (nSPS) is 18.2. The highest BCUT2D eigenvalue weighted by molar-refractivity contribution is 5.91. The predicted molar refractivity (Wildman–Crippen MR) is 71.1 cm³/mol. The lowest BCUT2D eigenvalue weighted by Gasteiger charge is -2.26. The van der Waals surface area contributed by atoms with E-state index in [0.29, 0.717) is 35.4 Å². The van der Waals surface area contributed by atoms with Gasteiger partial charge in [0.15, 0.2) is 0 Å². The van der Waals surface area contributed by atoms with E-state index in [4.69, 9.17) is 4.74 Å². The van der Waals surface area contributed by atoms with Crippen molar-refractivity contribution in [2.45, 2.75) is 45.7 Å². The fraction of sp³-hybridized carbons (Fsp3) is 0.600. The topological polar surface area (TPSA) is 39.2 Å². The van der Waals surface area contributed by atoms with E-state index in [9.17, 15) is 18.0 Å². The number of rotatable bonds is 3. The largest absolute Gasteiger partial charge is 0.462 e. The molecule has 0 radical (unpaired) electrons. The molecule has 1 heterocycles. The third-order valence-electron chi connectivity index (χ3n) is 3.76. The first-order valence-electron chi connectivity index (χ1n) is 7.12. The van der Waals surface area contributed by atoms with E-state index in [1.165, 1.54) is 6.07 Å². The summed E-state index contributed by atoms with van der Waals surface area (Å²) in [6.07, 6.45) is -3.40. The van der Waals surface area contributed by atoms with Crippen molar-refractivity contribution in [3.63, 3.8) is 0 Å². The van der Waals surface area contributed by atoms with Crippen LogP contribution in [0.1, 0.15) is 47.6 Å². The Labute approximate surface area is 121 Å². The molecule has 0 N–H and O–H groups in total. The van der Waals surface area contributed by atoms with Gasteiger partial charge in [0.25, 0.3) is 0 Å². The fourth-order valence-electron chi connectivity index (χ4n) is 2.64. The summed E-state index contributed by atoms with van der Waals surface area (Å²) in [5.41, 5.74) is 2.09. The van der Waals surface area contributed by atoms with Crippen LogP contribution >= 0.6 is 0 Å². The average Bonchev–Trinajstić information content (AvgIpc) is 2.44. The van der Waals surface area contributed by atoms with Gasteiger partial charge < -0.3 is 4.74 Å². The number of alkyl halides is 3. The molecule has 0 aromatic carbocycles. The fourth-order valence-corrected chi connectivity index (χ4v) is 2.64. The number of carbonyl (C=O) groups is 1. The molecule has 0 saturated heterocycles. The summed E-state index contributed by atoms with van der Waals surface area (Å²) in [7, 11) is 0. The number of halogens is 3. The number of carbonyl (C=O) groups excluding carboxylic acids is 1. The van der Waals surface area contributed by atoms with Gasteiger partial charge in [-0.3, -0.25) is 4.98 Å². The Morgan fingerprint density at radius 1 is 1.43 bits per heavy atom. The second kappa shape index (κ2) is 6.03. The van der Waals surface area contributed by atoms with Gasteiger partial charge in [0.05, 0.1) is 23.8 Å². The van der Waals surface area contributed by atoms with Crippen LogP contribution in [0, 0.1) is 5.92 Å². The minimum Gasteiger partial charge on any atom is -0.462 e. The monoisotopic (exact) mass is 301 g/mol. The highest BCUT2D eigenvalue weighted by Crippen LogP contribution is 2.37. The first-order valence-corrected chi connectivity index (χ1v) is 7.12. The van der Waals surface area contributed by atoms with E-state index in [-0.39, 0.29) is 19.4 Å². The number of ether oxygens (including phenoxy) is 1. The average molecular weight is 301 g/mol. The quantitative estimate of drug-likeness (QED) is 0.802. The zero-order valence-corrected chi connectivity index (χ0v) is 12.1. The third-order valence-corrected chi connectivity index (χ3v) is 3.76. The molecule has 1 aliphatic carbocycles. The minimum atomic E-state index is -4.20. The van der Waals surface area contributed by atoms with Gasteiger partial charge in [-0.25, -0.2) is 4.79 Å². The third kappa shape index (κ3) is 3.36. The van der Waals surface area contributed by atoms with Gasteiger partial charge in [0.1, 0.15) is 0 Å². The zero-order chi connectivity index (χ0) is 15.6. The van der Waals surface area contributed by atoms with Crippen molar-refractivity contribution in [3.05, 3.63) is 28.6 Å². The van der Waals surface area contributed by atoms with Crippen LogP contribution in [0.25, 0.3) is 0 Å². The van der Waals surface area contributed by atoms with Crippen molar-refractivity contribution in [1.29, 1.82) is 0 Å². The lowest BCUT2D eigenvalue weighted by atomic mass is 9.85. The molecule has 0 spiro atoms. The summed E-state index contributed by atoms with van der Waals surface area (Å²) in [5, 5.41) is 0. The first kappa shape index (κ1) is 15.8. The van der Waals surface area contributed by atoms with Gasteiger partial charge >= 0.3 is 12.1 Å². The maximum absolute atomic E-state index is 12.8. The SMILES string of the molecule is CCOC(=O)c1cc2c(nc1CC)CCC(C(F)(F)F)C2. The summed E-state index contributed by atoms with van der Waals surface area (Å²) in [6, 6.07) is 1.54. The van der Waals surface area contributed by atoms with Crippen molar-refractivity contribution < 1.29 is 22.7 Å². The molecular formula is C15H18F3NO2. The summed E-state index contributed by atoms with van der Waals surface area (Å²) in [4.78, 5) is 16.3. The molecule has 6 heteroatoms. The Balaban J connectivity index is 2.36. The van der Waals surface area contributed by atoms with E-state index in [0.717, 1.165) is 0 Å². The lowest BCUT2D eigenvalue weighted by Crippen LogP contribution is -2.30. The number of esters is 1. The van der Waals surface area contributed by atoms with Crippen molar-refractivity contribution in [2.24, 2.45) is 5.92 Å². The number of nitrogens with zero attached hydrogens (tertiary/aromatic N) is 1. The maximum atomic E-state index is 12.8. The molecule has 2 rings (SSSR count). The van der Waals surface area contributed by atoms with Gasteiger partial charge in [0.2, 0.25) is 0 Å². The highest BCUT2D eigenvalue weighted by Gasteiger charge is 2.41. The van der Waals surface area contributed by atoms with Crippen LogP contribution < -0.4 is 0 Å². The molecule has 1 atom stereocenters. The van der Waals surface area contributed by atoms with Crippen molar-refractivity contribution in [3.8, 4) is 0 Å². The van der Waals surface area contributed by atoms with Crippen LogP contribution in [0.15, 0.2) is 6.07 Å². The lowest BCUT2D eigenvalue weighted by molar-refractivity contribution is -0.177. The van der Waals surface area contributed by atoms with Crippen LogP contribution in [0.2, 0.25) is 0 Å². The standard InChI is InChI=1S/C15H18F3NO2/c1-3-12-11(14(20)21-4-2)8-9-7-10(15(16,17)18)5-6-13(9)19-12/h8,10H,3-7H2,1-2H3. The highest BCUT2D eigenvalue weighted by atomic mass is 19.4. The van der Waals surface area contributed by atoms with Crippen LogP contribution in [0.5, 0.6) is 0 Å². The Bertz CT molecular complexity index is 540. The number of pyridine rings is 1. The molecule has 1 aliphatic rings. The second-order valence-electron chi connectivity index (χ2n) is 5.14. The van der Waals surface area contributed by atoms with E-state index in [2.05, 4.69) is 4.98 Å². The minimum absolute atomic E-state index is 0.0609. The van der Waals surface area contributed by atoms with Crippen LogP contribution in [-0.4, -0.2) is 23.7 Å². The Morgan fingerprint density at radius 2 is 2.14 bits per heavy atom. The molecule has 0 aliphatic heterocycles. The van der Waals surface area contributed by atoms with Crippen molar-refractivity contribution in [2.75, 3.05) is 6.61 Å². The van der Waals surface area contributed by atoms with Crippen LogP contribution in [0.4, 0.5) is 13.2 Å². The Kier molecular flexibility index (Phi) is 4.54. The first-order chi connectivity index (χ1) is 9.86. The number of hydrogen-bond acceptors (Lipinski definition) is 3. The van der Waals surface area contributed by atoms with E-state index in [1.54, 1.807) is 6.92 Å². The molecular weight excluding hydrogens is 283 g/mol. The van der Waals surface area contributed by atoms with Gasteiger partial charge in [-0.1, -0.05) is 6.92 Å². The Morgan fingerprint density at radius 3 is 2.71 bits per heavy atom. The molecule has 3 nitrogen and oxygen atoms in total. The van der Waals surface area contributed by atoms with Gasteiger partial charge in [-0.05, 0) is 44.2 Å². The van der Waals surface area contributed by atoms with E-state index < -0.39 is 18.1 Å². The van der Waals surface area contributed by atoms with E-state index in [1.807, 2.05) is 6.92 Å². The summed E-state index contributed by atoms with van der Waals surface area (Å²) >= 11 is 0. The van der Waals surface area contributed by atoms with Crippen molar-refractivity contribution in [1.82, 2.24) is 4.98 Å². The number of hydrogen-bond donors (Lipinski definition) is 0. The molecule has 0 amide bonds. The molecule has 1 unspecified atom stereocenters. The molecule has 1 aromatic heterocycles. The number of aryl methyl sites for hydroxylation is 2. The van der Waals surface area contributed by atoms with Gasteiger partial charge in [0, 0.05) is 5.69 Å². The molecule has 116 valence electrons. The smallest absolute Gasteiger partial charge is 0.392 e. The van der Waals surface area contributed by atoms with Gasteiger partial charge in [-0.2, -0.15) is 13.2 Å². The summed E-state index contributed by atoms with van der Waals surface area (Å²) in [6.45, 7) is 3.78. The molecule has 0 fully saturated rings. The summed E-state index contributed by atoms with van der Waals surface area (Å²) < 4.78 is 43.5. The van der Waals surface area contributed by atoms with Gasteiger partial charge in [-0.15, -0.1) is 0 Å². The molecule has 0 bridgehead atoms. The van der Waals surface area contributed by atoms with E-state index >= 15 is 0 Å². The van der Waals surface area contributed by atoms with Crippen molar-refractivity contribution >= 4 is 5.97 Å². The zero-order valence-electron chi connectivity index (χ0n) is 12.1. The molecule has 0 saturated carbocycles. The Hall–Kier alpha value is -1.59. The predicted octanol–water partition coefficient (Wildman–Crippen LogP) is 3.49. The van der Waals surface area contributed by atoms with Crippen LogP contribution in [-0.2, 0) is 24.0 Å². The summed E-state index contributed by atoms with van der Waals surface area (Å²) in [5.74, 6) is -1.87. The molecule has 1 aromatic rings. The molecule has 21 heavy (non-hydrogen) atoms. The second-order valence-corrected chi connectivity index (χ2v) is 5.14.